The first-order chi connectivity index (χ1) is 38.2. The standard InChI is InChI=1S/C52H65N9O17/c1-68-47-12-11-40(45-10-5-19-77-45)49-48(47)42(36-54-49)52(63)58-16-14-57(15-17-58)51(62)41-6-2-3-9-46(41)78-35-34-75-31-30-73-29-28-72-27-26-71-25-23-70-21-18-59-37-39(55-56-59)38-76-33-32-74-24-22-69-20-13-53-50-43(60(64)65)7-4-8-44(50)61(66)67/h2-12,19,36-37,53-54H,13-18,20-35,38H2,1H3. The van der Waals surface area contributed by atoms with Crippen LogP contribution in [0.5, 0.6) is 11.5 Å². The van der Waals surface area contributed by atoms with Gasteiger partial charge in [0.15, 0.2) is 5.69 Å². The van der Waals surface area contributed by atoms with Gasteiger partial charge >= 0.3 is 0 Å². The highest BCUT2D eigenvalue weighted by Crippen LogP contribution is 2.37. The van der Waals surface area contributed by atoms with Crippen molar-refractivity contribution >= 4 is 39.8 Å². The average Bonchev–Trinajstić information content (AvgIpc) is 4.33. The van der Waals surface area contributed by atoms with Gasteiger partial charge in [-0.2, -0.15) is 0 Å². The first-order valence-electron chi connectivity index (χ1n) is 25.4. The summed E-state index contributed by atoms with van der Waals surface area (Å²) in [6, 6.07) is 18.2. The van der Waals surface area contributed by atoms with Crippen LogP contribution in [0.25, 0.3) is 22.2 Å². The topological polar surface area (TPSA) is 291 Å². The van der Waals surface area contributed by atoms with Crippen LogP contribution in [-0.4, -0.2) is 197 Å². The van der Waals surface area contributed by atoms with Gasteiger partial charge in [0.25, 0.3) is 23.2 Å². The molecule has 78 heavy (non-hydrogen) atoms. The second-order valence-corrected chi connectivity index (χ2v) is 17.1. The molecule has 0 atom stereocenters. The summed E-state index contributed by atoms with van der Waals surface area (Å²) in [4.78, 5) is 55.4. The number of nitrogens with zero attached hydrogens (tertiary/aromatic N) is 7. The molecule has 0 radical (unpaired) electrons. The number of hydrogen-bond donors (Lipinski definition) is 2. The van der Waals surface area contributed by atoms with Gasteiger partial charge in [-0.05, 0) is 42.5 Å². The van der Waals surface area contributed by atoms with Crippen LogP contribution in [0.2, 0.25) is 0 Å². The monoisotopic (exact) mass is 1090 g/mol. The lowest BCUT2D eigenvalue weighted by atomic mass is 10.0. The molecule has 7 rings (SSSR count). The molecule has 0 aliphatic carbocycles. The van der Waals surface area contributed by atoms with E-state index >= 15 is 0 Å². The Morgan fingerprint density at radius 2 is 1.21 bits per heavy atom. The van der Waals surface area contributed by atoms with Crippen LogP contribution in [0, 0.1) is 20.2 Å². The minimum atomic E-state index is -0.678. The predicted octanol–water partition coefficient (Wildman–Crippen LogP) is 5.27. The fourth-order valence-corrected chi connectivity index (χ4v) is 8.16. The van der Waals surface area contributed by atoms with Crippen molar-refractivity contribution in [2.75, 3.05) is 151 Å². The molecule has 4 heterocycles. The highest BCUT2D eigenvalue weighted by Gasteiger charge is 2.30. The number of piperazine rings is 1. The third-order valence-corrected chi connectivity index (χ3v) is 12.0. The number of carbonyl (C=O) groups is 2. The number of nitrogens with one attached hydrogen (secondary N) is 2. The molecule has 1 aliphatic rings. The number of ether oxygens (including phenoxy) is 10. The molecule has 1 saturated heterocycles. The maximum atomic E-state index is 13.8. The predicted molar refractivity (Wildman–Crippen MR) is 280 cm³/mol. The highest BCUT2D eigenvalue weighted by molar-refractivity contribution is 6.12. The number of hydrogen-bond acceptors (Lipinski definition) is 20. The Balaban J connectivity index is 0.633. The lowest BCUT2D eigenvalue weighted by Gasteiger charge is -2.35. The van der Waals surface area contributed by atoms with E-state index in [0.717, 1.165) is 11.1 Å². The minimum Gasteiger partial charge on any atom is -0.496 e. The molecule has 26 nitrogen and oxygen atoms in total. The number of para-hydroxylation sites is 2. The molecule has 0 saturated carbocycles. The Kier molecular flexibility index (Phi) is 23.6. The van der Waals surface area contributed by atoms with Gasteiger partial charge in [-0.15, -0.1) is 5.10 Å². The third-order valence-electron chi connectivity index (χ3n) is 12.0. The summed E-state index contributed by atoms with van der Waals surface area (Å²) in [5, 5.41) is 34.0. The minimum absolute atomic E-state index is 0.135. The number of nitro groups is 2. The van der Waals surface area contributed by atoms with Crippen LogP contribution in [0.15, 0.2) is 89.8 Å². The van der Waals surface area contributed by atoms with Gasteiger partial charge in [0.1, 0.15) is 29.6 Å². The first kappa shape index (κ1) is 58.1. The molecule has 420 valence electrons. The number of rotatable bonds is 37. The van der Waals surface area contributed by atoms with Crippen molar-refractivity contribution in [3.8, 4) is 22.8 Å². The van der Waals surface area contributed by atoms with Crippen molar-refractivity contribution in [2.24, 2.45) is 0 Å². The zero-order valence-electron chi connectivity index (χ0n) is 43.4. The fraction of sp³-hybridized carbons (Fsp3) is 0.462. The summed E-state index contributed by atoms with van der Waals surface area (Å²) in [7, 11) is 1.58. The summed E-state index contributed by atoms with van der Waals surface area (Å²) in [5.74, 6) is 1.40. The number of aromatic amines is 1. The molecular formula is C52H65N9O17. The van der Waals surface area contributed by atoms with Crippen molar-refractivity contribution in [3.05, 3.63) is 122 Å². The van der Waals surface area contributed by atoms with Crippen LogP contribution in [0.3, 0.4) is 0 Å². The van der Waals surface area contributed by atoms with E-state index in [1.807, 2.05) is 30.3 Å². The Labute approximate surface area is 448 Å². The van der Waals surface area contributed by atoms with Crippen LogP contribution < -0.4 is 14.8 Å². The molecule has 1 aliphatic heterocycles. The molecule has 26 heteroatoms. The summed E-state index contributed by atoms with van der Waals surface area (Å²) in [5.41, 5.74) is 2.25. The smallest absolute Gasteiger partial charge is 0.299 e. The maximum Gasteiger partial charge on any atom is 0.299 e. The quantitative estimate of drug-likeness (QED) is 0.0285. The zero-order chi connectivity index (χ0) is 54.7. The van der Waals surface area contributed by atoms with Crippen molar-refractivity contribution in [2.45, 2.75) is 13.2 Å². The Hall–Kier alpha value is -7.56. The number of furan rings is 1. The van der Waals surface area contributed by atoms with Crippen molar-refractivity contribution < 1.29 is 71.2 Å². The Bertz CT molecular complexity index is 2770. The number of anilines is 1. The second-order valence-electron chi connectivity index (χ2n) is 17.1. The molecule has 2 N–H and O–H groups in total. The SMILES string of the molecule is COc1ccc(-c2ccco2)c2[nH]cc(C(=O)N3CCN(C(=O)c4ccccc4OCCOCCOCCOCCOCCOCCn4cc(COCCOCCOCCNc5c([N+](=O)[O-])cccc5[N+](=O)[O-])nn4)CC3)c12. The summed E-state index contributed by atoms with van der Waals surface area (Å²) in [6.45, 7) is 7.96. The van der Waals surface area contributed by atoms with Crippen molar-refractivity contribution in [3.63, 3.8) is 0 Å². The molecular weight excluding hydrogens is 1020 g/mol. The molecule has 0 spiro atoms. The average molecular weight is 1090 g/mol. The van der Waals surface area contributed by atoms with Gasteiger partial charge in [-0.25, -0.2) is 4.68 Å². The van der Waals surface area contributed by atoms with E-state index in [1.54, 1.807) is 58.4 Å². The molecule has 3 aromatic heterocycles. The van der Waals surface area contributed by atoms with Gasteiger partial charge in [-0.3, -0.25) is 29.8 Å². The largest absolute Gasteiger partial charge is 0.496 e. The number of H-pyrrole nitrogens is 1. The number of nitro benzene ring substituents is 2. The molecule has 0 bridgehead atoms. The maximum absolute atomic E-state index is 13.8. The summed E-state index contributed by atoms with van der Waals surface area (Å²) in [6.07, 6.45) is 5.09. The van der Waals surface area contributed by atoms with Crippen LogP contribution in [0.4, 0.5) is 17.1 Å². The molecule has 2 amide bonds. The molecule has 0 unspecified atom stereocenters. The lowest BCUT2D eigenvalue weighted by molar-refractivity contribution is -0.392. The molecule has 6 aromatic rings. The van der Waals surface area contributed by atoms with E-state index in [1.165, 1.54) is 18.2 Å². The number of benzene rings is 3. The van der Waals surface area contributed by atoms with Crippen molar-refractivity contribution in [1.82, 2.24) is 29.8 Å². The van der Waals surface area contributed by atoms with Gasteiger partial charge in [0.2, 0.25) is 0 Å². The Morgan fingerprint density at radius 3 is 1.79 bits per heavy atom. The molecule has 1 fully saturated rings. The van der Waals surface area contributed by atoms with E-state index < -0.39 is 9.85 Å². The third kappa shape index (κ3) is 17.2. The van der Waals surface area contributed by atoms with E-state index in [0.29, 0.717) is 158 Å². The van der Waals surface area contributed by atoms with E-state index in [9.17, 15) is 29.8 Å². The summed E-state index contributed by atoms with van der Waals surface area (Å²) < 4.78 is 63.5. The van der Waals surface area contributed by atoms with Gasteiger partial charge in [0.05, 0.1) is 164 Å². The fourth-order valence-electron chi connectivity index (χ4n) is 8.16. The lowest BCUT2D eigenvalue weighted by Crippen LogP contribution is -2.50. The second kappa shape index (κ2) is 31.6. The van der Waals surface area contributed by atoms with E-state index in [-0.39, 0.29) is 61.8 Å². The van der Waals surface area contributed by atoms with Gasteiger partial charge in [-0.1, -0.05) is 17.3 Å². The van der Waals surface area contributed by atoms with E-state index in [2.05, 4.69) is 20.6 Å². The molecule has 3 aromatic carbocycles. The van der Waals surface area contributed by atoms with Gasteiger partial charge in [0, 0.05) is 56.6 Å². The first-order valence-corrected chi connectivity index (χ1v) is 25.4. The van der Waals surface area contributed by atoms with Crippen LogP contribution >= 0.6 is 0 Å². The highest BCUT2D eigenvalue weighted by atomic mass is 16.6. The number of amides is 2. The number of fused-ring (bicyclic) bond motifs is 1. The summed E-state index contributed by atoms with van der Waals surface area (Å²) >= 11 is 0. The van der Waals surface area contributed by atoms with Crippen molar-refractivity contribution in [1.29, 1.82) is 0 Å². The number of aromatic nitrogens is 4. The zero-order valence-corrected chi connectivity index (χ0v) is 43.4. The number of methoxy groups -OCH3 is 1. The van der Waals surface area contributed by atoms with Crippen LogP contribution in [-0.2, 0) is 51.0 Å². The van der Waals surface area contributed by atoms with Gasteiger partial charge < -0.3 is 71.9 Å². The number of carbonyl (C=O) groups excluding carboxylic acids is 2. The normalized spacial score (nSPS) is 12.6. The Morgan fingerprint density at radius 1 is 0.641 bits per heavy atom. The van der Waals surface area contributed by atoms with Crippen LogP contribution in [0.1, 0.15) is 26.4 Å². The van der Waals surface area contributed by atoms with E-state index in [4.69, 9.17) is 51.8 Å².